The molecule has 0 unspecified atom stereocenters. The van der Waals surface area contributed by atoms with Gasteiger partial charge < -0.3 is 9.47 Å². The second-order valence-electron chi connectivity index (χ2n) is 3.52. The number of aromatic nitrogens is 1. The van der Waals surface area contributed by atoms with Gasteiger partial charge >= 0.3 is 0 Å². The van der Waals surface area contributed by atoms with Crippen molar-refractivity contribution < 1.29 is 14.4 Å². The molecular formula is C12H16N2O4. The van der Waals surface area contributed by atoms with Gasteiger partial charge in [0.2, 0.25) is 11.6 Å². The molecule has 0 atom stereocenters. The molecule has 0 radical (unpaired) electrons. The van der Waals surface area contributed by atoms with Crippen LogP contribution in [-0.2, 0) is 4.74 Å². The van der Waals surface area contributed by atoms with E-state index in [9.17, 15) is 10.1 Å². The van der Waals surface area contributed by atoms with E-state index in [2.05, 4.69) is 4.98 Å². The monoisotopic (exact) mass is 252 g/mol. The van der Waals surface area contributed by atoms with Crippen LogP contribution in [0.4, 0.5) is 0 Å². The lowest BCUT2D eigenvalue weighted by molar-refractivity contribution is -0.422. The van der Waals surface area contributed by atoms with Crippen molar-refractivity contribution in [1.82, 2.24) is 4.98 Å². The Labute approximate surface area is 105 Å². The van der Waals surface area contributed by atoms with Crippen LogP contribution in [-0.4, -0.2) is 29.7 Å². The maximum atomic E-state index is 10.5. The highest BCUT2D eigenvalue weighted by Gasteiger charge is 2.02. The van der Waals surface area contributed by atoms with Crippen molar-refractivity contribution in [1.29, 1.82) is 0 Å². The fourth-order valence-corrected chi connectivity index (χ4v) is 1.21. The number of ether oxygens (including phenoxy) is 2. The topological polar surface area (TPSA) is 74.5 Å². The summed E-state index contributed by atoms with van der Waals surface area (Å²) in [6, 6.07) is 3.39. The van der Waals surface area contributed by atoms with Crippen LogP contribution in [0.15, 0.2) is 24.0 Å². The molecule has 18 heavy (non-hydrogen) atoms. The SMILES string of the molecule is CCOCCOc1ccc(/C=C(\C)[N+](=O)[O-])cn1. The van der Waals surface area contributed by atoms with E-state index in [4.69, 9.17) is 9.47 Å². The average Bonchev–Trinajstić information content (AvgIpc) is 2.36. The third kappa shape index (κ3) is 4.92. The molecular weight excluding hydrogens is 236 g/mol. The van der Waals surface area contributed by atoms with Gasteiger partial charge in [0.25, 0.3) is 0 Å². The van der Waals surface area contributed by atoms with Crippen molar-refractivity contribution in [2.75, 3.05) is 19.8 Å². The van der Waals surface area contributed by atoms with Crippen LogP contribution in [0.5, 0.6) is 5.88 Å². The first kappa shape index (κ1) is 14.1. The highest BCUT2D eigenvalue weighted by molar-refractivity contribution is 5.49. The molecule has 0 amide bonds. The number of nitro groups is 1. The second-order valence-corrected chi connectivity index (χ2v) is 3.52. The van der Waals surface area contributed by atoms with E-state index in [0.29, 0.717) is 31.3 Å². The Bertz CT molecular complexity index is 415. The predicted molar refractivity (Wildman–Crippen MR) is 66.9 cm³/mol. The minimum absolute atomic E-state index is 0.0711. The van der Waals surface area contributed by atoms with Crippen molar-refractivity contribution in [3.63, 3.8) is 0 Å². The maximum Gasteiger partial charge on any atom is 0.243 e. The number of pyridine rings is 1. The van der Waals surface area contributed by atoms with E-state index in [-0.39, 0.29) is 5.70 Å². The van der Waals surface area contributed by atoms with Crippen molar-refractivity contribution in [2.24, 2.45) is 0 Å². The van der Waals surface area contributed by atoms with Gasteiger partial charge in [-0.3, -0.25) is 10.1 Å². The minimum atomic E-state index is -0.438. The summed E-state index contributed by atoms with van der Waals surface area (Å²) >= 11 is 0. The fourth-order valence-electron chi connectivity index (χ4n) is 1.21. The molecule has 6 nitrogen and oxygen atoms in total. The van der Waals surface area contributed by atoms with Crippen LogP contribution in [0.25, 0.3) is 6.08 Å². The first-order valence-electron chi connectivity index (χ1n) is 5.62. The predicted octanol–water partition coefficient (Wildman–Crippen LogP) is 2.13. The van der Waals surface area contributed by atoms with Gasteiger partial charge in [-0.25, -0.2) is 4.98 Å². The smallest absolute Gasteiger partial charge is 0.243 e. The fraction of sp³-hybridized carbons (Fsp3) is 0.417. The van der Waals surface area contributed by atoms with Gasteiger partial charge in [-0.1, -0.05) is 0 Å². The summed E-state index contributed by atoms with van der Waals surface area (Å²) < 4.78 is 10.4. The van der Waals surface area contributed by atoms with Crippen LogP contribution in [0.3, 0.4) is 0 Å². The summed E-state index contributed by atoms with van der Waals surface area (Å²) in [5.41, 5.74) is 0.739. The highest BCUT2D eigenvalue weighted by atomic mass is 16.6. The molecule has 0 aliphatic rings. The summed E-state index contributed by atoms with van der Waals surface area (Å²) in [5.74, 6) is 0.477. The summed E-state index contributed by atoms with van der Waals surface area (Å²) in [6.45, 7) is 4.95. The molecule has 0 aliphatic carbocycles. The standard InChI is InChI=1S/C12H16N2O4/c1-3-17-6-7-18-12-5-4-11(9-13-12)8-10(2)14(15)16/h4-5,8-9H,3,6-7H2,1-2H3/b10-8+. The zero-order valence-corrected chi connectivity index (χ0v) is 10.5. The molecule has 1 heterocycles. The van der Waals surface area contributed by atoms with Gasteiger partial charge in [-0.05, 0) is 18.6 Å². The molecule has 0 spiro atoms. The van der Waals surface area contributed by atoms with Crippen LogP contribution >= 0.6 is 0 Å². The van der Waals surface area contributed by atoms with Crippen LogP contribution in [0.2, 0.25) is 0 Å². The zero-order chi connectivity index (χ0) is 13.4. The number of rotatable bonds is 7. The van der Waals surface area contributed by atoms with Crippen LogP contribution in [0, 0.1) is 10.1 Å². The molecule has 0 bridgehead atoms. The maximum absolute atomic E-state index is 10.5. The minimum Gasteiger partial charge on any atom is -0.475 e. The van der Waals surface area contributed by atoms with Gasteiger partial charge in [0.1, 0.15) is 6.61 Å². The van der Waals surface area contributed by atoms with Crippen LogP contribution < -0.4 is 4.74 Å². The van der Waals surface area contributed by atoms with Crippen LogP contribution in [0.1, 0.15) is 19.4 Å². The number of allylic oxidation sites excluding steroid dienone is 1. The normalized spacial score (nSPS) is 11.3. The van der Waals surface area contributed by atoms with E-state index >= 15 is 0 Å². The largest absolute Gasteiger partial charge is 0.475 e. The summed E-state index contributed by atoms with van der Waals surface area (Å²) in [6.07, 6.45) is 2.99. The third-order valence-corrected chi connectivity index (χ3v) is 2.10. The Kier molecular flexibility index (Phi) is 5.79. The van der Waals surface area contributed by atoms with Gasteiger partial charge in [0.05, 0.1) is 11.5 Å². The molecule has 98 valence electrons. The Balaban J connectivity index is 2.52. The number of hydrogen-bond acceptors (Lipinski definition) is 5. The summed E-state index contributed by atoms with van der Waals surface area (Å²) in [5, 5.41) is 10.5. The summed E-state index contributed by atoms with van der Waals surface area (Å²) in [7, 11) is 0. The number of hydrogen-bond donors (Lipinski definition) is 0. The van der Waals surface area contributed by atoms with Gasteiger partial charge in [-0.2, -0.15) is 0 Å². The van der Waals surface area contributed by atoms with E-state index in [1.54, 1.807) is 12.1 Å². The van der Waals surface area contributed by atoms with Crippen molar-refractivity contribution in [2.45, 2.75) is 13.8 Å². The molecule has 0 fully saturated rings. The first-order valence-corrected chi connectivity index (χ1v) is 5.62. The first-order chi connectivity index (χ1) is 8.63. The molecule has 0 aliphatic heterocycles. The quantitative estimate of drug-likeness (QED) is 0.422. The zero-order valence-electron chi connectivity index (χ0n) is 10.5. The lowest BCUT2D eigenvalue weighted by atomic mass is 10.2. The number of nitrogens with zero attached hydrogens (tertiary/aromatic N) is 2. The van der Waals surface area contributed by atoms with E-state index in [0.717, 1.165) is 0 Å². The van der Waals surface area contributed by atoms with Crippen molar-refractivity contribution in [3.05, 3.63) is 39.7 Å². The average molecular weight is 252 g/mol. The lowest BCUT2D eigenvalue weighted by Crippen LogP contribution is -2.07. The summed E-state index contributed by atoms with van der Waals surface area (Å²) in [4.78, 5) is 14.1. The lowest BCUT2D eigenvalue weighted by Gasteiger charge is -2.04. The molecule has 0 aromatic carbocycles. The highest BCUT2D eigenvalue weighted by Crippen LogP contribution is 2.10. The molecule has 0 saturated heterocycles. The molecule has 6 heteroatoms. The second kappa shape index (κ2) is 7.39. The molecule has 1 aromatic heterocycles. The Hall–Kier alpha value is -1.95. The molecule has 1 aromatic rings. The van der Waals surface area contributed by atoms with Gasteiger partial charge in [-0.15, -0.1) is 0 Å². The van der Waals surface area contributed by atoms with E-state index in [1.807, 2.05) is 6.92 Å². The van der Waals surface area contributed by atoms with Crippen molar-refractivity contribution in [3.8, 4) is 5.88 Å². The Morgan fingerprint density at radius 2 is 2.28 bits per heavy atom. The van der Waals surface area contributed by atoms with E-state index < -0.39 is 4.92 Å². The third-order valence-electron chi connectivity index (χ3n) is 2.10. The Morgan fingerprint density at radius 3 is 2.83 bits per heavy atom. The van der Waals surface area contributed by atoms with E-state index in [1.165, 1.54) is 19.2 Å². The Morgan fingerprint density at radius 1 is 1.50 bits per heavy atom. The molecule has 1 rings (SSSR count). The molecule has 0 saturated carbocycles. The molecule has 0 N–H and O–H groups in total. The van der Waals surface area contributed by atoms with Gasteiger partial charge in [0, 0.05) is 31.9 Å². The van der Waals surface area contributed by atoms with Gasteiger partial charge in [0.15, 0.2) is 0 Å². The van der Waals surface area contributed by atoms with Crippen molar-refractivity contribution >= 4 is 6.08 Å².